The van der Waals surface area contributed by atoms with Crippen LogP contribution < -0.4 is 5.32 Å². The van der Waals surface area contributed by atoms with E-state index in [0.29, 0.717) is 18.0 Å². The van der Waals surface area contributed by atoms with Gasteiger partial charge in [-0.05, 0) is 71.6 Å². The van der Waals surface area contributed by atoms with Crippen molar-refractivity contribution in [3.05, 3.63) is 29.8 Å². The molecular weight excluding hydrogens is 402 g/mol. The molecule has 1 aliphatic rings. The van der Waals surface area contributed by atoms with Crippen LogP contribution in [0.15, 0.2) is 29.2 Å². The normalized spacial score (nSPS) is 20.1. The maximum atomic E-state index is 12.0. The molecule has 1 aromatic rings. The molecular formula is C23H41NO3S2. The Morgan fingerprint density at radius 2 is 1.62 bits per heavy atom. The second-order valence-electron chi connectivity index (χ2n) is 9.03. The molecule has 168 valence electrons. The molecule has 2 rings (SSSR count). The highest BCUT2D eigenvalue weighted by molar-refractivity contribution is 7.92. The van der Waals surface area contributed by atoms with Crippen LogP contribution in [0.4, 0.5) is 0 Å². The minimum atomic E-state index is -2.95. The lowest BCUT2D eigenvalue weighted by Crippen LogP contribution is -2.41. The molecule has 1 aromatic carbocycles. The predicted octanol–water partition coefficient (Wildman–Crippen LogP) is 5.06. The highest BCUT2D eigenvalue weighted by Gasteiger charge is 2.27. The van der Waals surface area contributed by atoms with Gasteiger partial charge in [0.1, 0.15) is 0 Å². The fourth-order valence-electron chi connectivity index (χ4n) is 3.15. The zero-order valence-corrected chi connectivity index (χ0v) is 20.6. The van der Waals surface area contributed by atoms with Gasteiger partial charge in [0, 0.05) is 18.0 Å². The van der Waals surface area contributed by atoms with Crippen molar-refractivity contribution in [2.45, 2.75) is 95.0 Å². The molecule has 2 atom stereocenters. The maximum Gasteiger partial charge on any atom is 0.155 e. The number of unbranched alkanes of at least 4 members (excludes halogenated alkanes) is 4. The van der Waals surface area contributed by atoms with Crippen molar-refractivity contribution < 1.29 is 13.2 Å². The molecule has 0 aliphatic carbocycles. The van der Waals surface area contributed by atoms with Gasteiger partial charge in [-0.25, -0.2) is 8.42 Å². The average molecular weight is 444 g/mol. The highest BCUT2D eigenvalue weighted by Crippen LogP contribution is 2.18. The second kappa shape index (κ2) is 13.0. The molecule has 0 amide bonds. The van der Waals surface area contributed by atoms with Gasteiger partial charge in [0.15, 0.2) is 9.84 Å². The Balaban J connectivity index is 0.000000436. The van der Waals surface area contributed by atoms with Crippen molar-refractivity contribution in [3.8, 4) is 0 Å². The van der Waals surface area contributed by atoms with Gasteiger partial charge >= 0.3 is 0 Å². The summed E-state index contributed by atoms with van der Waals surface area (Å²) < 4.78 is 28.7. The lowest BCUT2D eigenvalue weighted by molar-refractivity contribution is -0.0166. The van der Waals surface area contributed by atoms with Crippen molar-refractivity contribution >= 4 is 22.5 Å². The first-order valence-corrected chi connectivity index (χ1v) is 13.0. The number of thiol groups is 1. The average Bonchev–Trinajstić information content (AvgIpc) is 2.60. The van der Waals surface area contributed by atoms with E-state index in [1.165, 1.54) is 5.56 Å². The number of hydrogen-bond acceptors (Lipinski definition) is 5. The van der Waals surface area contributed by atoms with Crippen LogP contribution in [0.2, 0.25) is 0 Å². The van der Waals surface area contributed by atoms with Crippen LogP contribution >= 0.6 is 12.6 Å². The van der Waals surface area contributed by atoms with E-state index >= 15 is 0 Å². The summed E-state index contributed by atoms with van der Waals surface area (Å²) in [6, 6.07) is 8.27. The van der Waals surface area contributed by atoms with Gasteiger partial charge in [0.05, 0.1) is 22.7 Å². The first kappa shape index (κ1) is 26.5. The molecule has 1 heterocycles. The van der Waals surface area contributed by atoms with E-state index in [4.69, 9.17) is 4.74 Å². The summed E-state index contributed by atoms with van der Waals surface area (Å²) in [5, 5.41) is 3.26. The summed E-state index contributed by atoms with van der Waals surface area (Å²) in [6.45, 7) is 11.5. The fraction of sp³-hybridized carbons (Fsp3) is 0.739. The van der Waals surface area contributed by atoms with E-state index in [-0.39, 0.29) is 0 Å². The minimum absolute atomic E-state index is 0.318. The molecule has 6 heteroatoms. The van der Waals surface area contributed by atoms with Gasteiger partial charge in [-0.2, -0.15) is 0 Å². The minimum Gasteiger partial charge on any atom is -0.373 e. The van der Waals surface area contributed by atoms with Gasteiger partial charge < -0.3 is 10.1 Å². The van der Waals surface area contributed by atoms with Crippen molar-refractivity contribution in [1.29, 1.82) is 0 Å². The second-order valence-corrected chi connectivity index (χ2v) is 12.4. The van der Waals surface area contributed by atoms with Gasteiger partial charge in [0.2, 0.25) is 0 Å². The van der Waals surface area contributed by atoms with Crippen molar-refractivity contribution in [2.75, 3.05) is 18.8 Å². The first-order chi connectivity index (χ1) is 13.5. The number of rotatable bonds is 8. The van der Waals surface area contributed by atoms with Gasteiger partial charge in [-0.3, -0.25) is 0 Å². The summed E-state index contributed by atoms with van der Waals surface area (Å²) in [4.78, 5) is 1.01. The van der Waals surface area contributed by atoms with Crippen LogP contribution in [0.25, 0.3) is 0 Å². The summed E-state index contributed by atoms with van der Waals surface area (Å²) in [5.41, 5.74) is 1.33. The number of nitrogens with one attached hydrogen (secondary N) is 1. The monoisotopic (exact) mass is 443 g/mol. The zero-order chi connectivity index (χ0) is 21.9. The largest absolute Gasteiger partial charge is 0.373 e. The zero-order valence-electron chi connectivity index (χ0n) is 18.9. The molecule has 1 saturated heterocycles. The molecule has 29 heavy (non-hydrogen) atoms. The quantitative estimate of drug-likeness (QED) is 0.435. The third-order valence-corrected chi connectivity index (χ3v) is 8.02. The molecule has 0 unspecified atom stereocenters. The van der Waals surface area contributed by atoms with E-state index in [9.17, 15) is 8.42 Å². The Hall–Kier alpha value is -0.560. The summed E-state index contributed by atoms with van der Waals surface area (Å²) in [6.07, 6.45) is 7.09. The molecule has 0 spiro atoms. The van der Waals surface area contributed by atoms with E-state index in [1.54, 1.807) is 20.8 Å². The highest BCUT2D eigenvalue weighted by atomic mass is 32.2. The van der Waals surface area contributed by atoms with Crippen LogP contribution in [0.5, 0.6) is 0 Å². The predicted molar refractivity (Wildman–Crippen MR) is 127 cm³/mol. The Kier molecular flexibility index (Phi) is 11.9. The van der Waals surface area contributed by atoms with Crippen LogP contribution in [0, 0.1) is 0 Å². The van der Waals surface area contributed by atoms with E-state index in [2.05, 4.69) is 43.9 Å². The van der Waals surface area contributed by atoms with Crippen molar-refractivity contribution in [2.24, 2.45) is 0 Å². The van der Waals surface area contributed by atoms with Crippen molar-refractivity contribution in [1.82, 2.24) is 5.32 Å². The van der Waals surface area contributed by atoms with E-state index in [0.717, 1.165) is 56.5 Å². The summed E-state index contributed by atoms with van der Waals surface area (Å²) in [7, 11) is -2.95. The number of benzene rings is 1. The molecule has 1 fully saturated rings. The SMILES string of the molecule is CC(C)(C)S(=O)(=O)CCCCCCCc1cccc(S)c1.C[C@@H]1CNC[C@H](C)O1. The first-order valence-electron chi connectivity index (χ1n) is 10.9. The van der Waals surface area contributed by atoms with Crippen LogP contribution in [-0.4, -0.2) is 44.2 Å². The molecule has 0 aromatic heterocycles. The lowest BCUT2D eigenvalue weighted by atomic mass is 10.1. The maximum absolute atomic E-state index is 12.0. The van der Waals surface area contributed by atoms with Gasteiger partial charge in [-0.15, -0.1) is 12.6 Å². The number of ether oxygens (including phenoxy) is 1. The molecule has 4 nitrogen and oxygen atoms in total. The van der Waals surface area contributed by atoms with Gasteiger partial charge in [0.25, 0.3) is 0 Å². The molecule has 1 N–H and O–H groups in total. The Morgan fingerprint density at radius 1 is 1.03 bits per heavy atom. The smallest absolute Gasteiger partial charge is 0.155 e. The molecule has 0 bridgehead atoms. The molecule has 0 radical (unpaired) electrons. The Labute approximate surface area is 184 Å². The molecule has 1 aliphatic heterocycles. The number of morpholine rings is 1. The third-order valence-electron chi connectivity index (χ3n) is 5.05. The number of aryl methyl sites for hydroxylation is 1. The van der Waals surface area contributed by atoms with E-state index in [1.807, 2.05) is 12.1 Å². The third kappa shape index (κ3) is 11.4. The summed E-state index contributed by atoms with van der Waals surface area (Å²) >= 11 is 4.34. The fourth-order valence-corrected chi connectivity index (χ4v) is 4.60. The van der Waals surface area contributed by atoms with Crippen LogP contribution in [-0.2, 0) is 21.0 Å². The standard InChI is InChI=1S/C17H28O2S2.C6H13NO/c1-17(2,3)21(18,19)13-8-6-4-5-7-10-15-11-9-12-16(20)14-15;1-5-3-7-4-6(2)8-5/h9,11-12,14,20H,4-8,10,13H2,1-3H3;5-7H,3-4H2,1-2H3/t;5-,6+. The lowest BCUT2D eigenvalue weighted by Gasteiger charge is -2.25. The van der Waals surface area contributed by atoms with Gasteiger partial charge in [-0.1, -0.05) is 31.4 Å². The number of hydrogen-bond donors (Lipinski definition) is 2. The Bertz CT molecular complexity index is 676. The number of sulfone groups is 1. The van der Waals surface area contributed by atoms with Crippen LogP contribution in [0.3, 0.4) is 0 Å². The summed E-state index contributed by atoms with van der Waals surface area (Å²) in [5.74, 6) is 0.318. The van der Waals surface area contributed by atoms with E-state index < -0.39 is 14.6 Å². The molecule has 0 saturated carbocycles. The Morgan fingerprint density at radius 3 is 2.14 bits per heavy atom. The van der Waals surface area contributed by atoms with Crippen molar-refractivity contribution in [3.63, 3.8) is 0 Å². The van der Waals surface area contributed by atoms with Crippen LogP contribution in [0.1, 0.15) is 72.3 Å². The topological polar surface area (TPSA) is 55.4 Å².